The molecule has 1 aromatic carbocycles. The molecule has 0 fully saturated rings. The Labute approximate surface area is 158 Å². The summed E-state index contributed by atoms with van der Waals surface area (Å²) in [5.74, 6) is 0.309. The molecule has 4 nitrogen and oxygen atoms in total. The highest BCUT2D eigenvalue weighted by Gasteiger charge is 2.14. The van der Waals surface area contributed by atoms with Crippen molar-refractivity contribution in [3.05, 3.63) is 70.5 Å². The predicted octanol–water partition coefficient (Wildman–Crippen LogP) is 4.69. The van der Waals surface area contributed by atoms with Crippen molar-refractivity contribution in [2.75, 3.05) is 13.2 Å². The van der Waals surface area contributed by atoms with Gasteiger partial charge in [-0.15, -0.1) is 0 Å². The van der Waals surface area contributed by atoms with Gasteiger partial charge in [0.05, 0.1) is 12.1 Å². The number of ether oxygens (including phenoxy) is 2. The van der Waals surface area contributed by atoms with Crippen LogP contribution in [0.1, 0.15) is 30.7 Å². The second kappa shape index (κ2) is 8.28. The molecule has 0 spiro atoms. The van der Waals surface area contributed by atoms with Crippen LogP contribution in [0.15, 0.2) is 48.7 Å². The summed E-state index contributed by atoms with van der Waals surface area (Å²) in [6, 6.07) is 13.8. The topological polar surface area (TPSA) is 39.9 Å². The molecule has 26 heavy (non-hydrogen) atoms. The second-order valence-electron chi connectivity index (χ2n) is 6.00. The Bertz CT molecular complexity index is 917. The average molecular weight is 372 g/mol. The van der Waals surface area contributed by atoms with E-state index in [0.29, 0.717) is 12.4 Å². The van der Waals surface area contributed by atoms with Crippen molar-refractivity contribution >= 4 is 23.1 Å². The number of aromatic nitrogens is 1. The van der Waals surface area contributed by atoms with Gasteiger partial charge < -0.3 is 13.9 Å². The summed E-state index contributed by atoms with van der Waals surface area (Å²) in [4.78, 5) is 11.6. The molecule has 2 aromatic heterocycles. The molecule has 5 heteroatoms. The van der Waals surface area contributed by atoms with Crippen molar-refractivity contribution in [2.45, 2.75) is 26.7 Å². The average Bonchev–Trinajstić information content (AvgIpc) is 2.98. The van der Waals surface area contributed by atoms with Crippen molar-refractivity contribution < 1.29 is 14.3 Å². The van der Waals surface area contributed by atoms with Crippen molar-refractivity contribution in [2.24, 2.45) is 0 Å². The summed E-state index contributed by atoms with van der Waals surface area (Å²) in [6.45, 7) is 4.17. The van der Waals surface area contributed by atoms with E-state index >= 15 is 0 Å². The number of benzene rings is 1. The third-order valence-corrected chi connectivity index (χ3v) is 4.49. The maximum Gasteiger partial charge on any atom is 0.344 e. The molecule has 3 rings (SSSR count). The van der Waals surface area contributed by atoms with Crippen LogP contribution in [-0.2, 0) is 22.4 Å². The normalized spacial score (nSPS) is 10.9. The Morgan fingerprint density at radius 3 is 2.73 bits per heavy atom. The lowest BCUT2D eigenvalue weighted by Crippen LogP contribution is -2.14. The highest BCUT2D eigenvalue weighted by atomic mass is 35.5. The summed E-state index contributed by atoms with van der Waals surface area (Å²) < 4.78 is 12.8. The smallest absolute Gasteiger partial charge is 0.344 e. The zero-order chi connectivity index (χ0) is 18.5. The lowest BCUT2D eigenvalue weighted by molar-refractivity contribution is -0.145. The van der Waals surface area contributed by atoms with Crippen LogP contribution in [0.2, 0.25) is 5.02 Å². The van der Waals surface area contributed by atoms with Gasteiger partial charge in [-0.2, -0.15) is 0 Å². The molecule has 0 atom stereocenters. The van der Waals surface area contributed by atoms with Crippen LogP contribution in [0.4, 0.5) is 0 Å². The molecule has 0 aliphatic rings. The number of carbonyl (C=O) groups is 1. The Kier molecular flexibility index (Phi) is 5.84. The van der Waals surface area contributed by atoms with Crippen LogP contribution >= 0.6 is 11.6 Å². The number of fused-ring (bicyclic) bond motifs is 1. The molecular weight excluding hydrogens is 350 g/mol. The SMILES string of the molecule is CCOC(=O)COc1cccn2c(Cc3cccc(Cl)c3)c(CC)cc12. The number of nitrogens with zero attached hydrogens (tertiary/aromatic N) is 1. The van der Waals surface area contributed by atoms with Crippen molar-refractivity contribution in [1.29, 1.82) is 0 Å². The molecule has 0 unspecified atom stereocenters. The fraction of sp³-hybridized carbons (Fsp3) is 0.286. The number of carbonyl (C=O) groups excluding carboxylic acids is 1. The van der Waals surface area contributed by atoms with E-state index in [0.717, 1.165) is 28.9 Å². The quantitative estimate of drug-likeness (QED) is 0.566. The highest BCUT2D eigenvalue weighted by molar-refractivity contribution is 6.30. The van der Waals surface area contributed by atoms with Crippen LogP contribution in [0.5, 0.6) is 5.75 Å². The monoisotopic (exact) mass is 371 g/mol. The molecule has 0 saturated carbocycles. The molecule has 136 valence electrons. The Morgan fingerprint density at radius 1 is 1.15 bits per heavy atom. The third-order valence-electron chi connectivity index (χ3n) is 4.26. The van der Waals surface area contributed by atoms with Crippen LogP contribution in [0.3, 0.4) is 0 Å². The van der Waals surface area contributed by atoms with Gasteiger partial charge in [-0.3, -0.25) is 0 Å². The van der Waals surface area contributed by atoms with Gasteiger partial charge in [0.15, 0.2) is 6.61 Å². The first-order chi connectivity index (χ1) is 12.6. The molecule has 0 aliphatic heterocycles. The summed E-state index contributed by atoms with van der Waals surface area (Å²) in [5.41, 5.74) is 4.55. The van der Waals surface area contributed by atoms with E-state index in [-0.39, 0.29) is 12.6 Å². The lowest BCUT2D eigenvalue weighted by Gasteiger charge is -2.10. The highest BCUT2D eigenvalue weighted by Crippen LogP contribution is 2.28. The van der Waals surface area contributed by atoms with Gasteiger partial charge in [-0.05, 0) is 54.8 Å². The van der Waals surface area contributed by atoms with Gasteiger partial charge in [0, 0.05) is 23.3 Å². The molecule has 0 radical (unpaired) electrons. The molecule has 2 heterocycles. The fourth-order valence-electron chi connectivity index (χ4n) is 3.09. The minimum atomic E-state index is -0.365. The van der Waals surface area contributed by atoms with E-state index < -0.39 is 0 Å². The number of hydrogen-bond donors (Lipinski definition) is 0. The molecule has 0 amide bonds. The summed E-state index contributed by atoms with van der Waals surface area (Å²) >= 11 is 6.13. The zero-order valence-corrected chi connectivity index (χ0v) is 15.8. The predicted molar refractivity (Wildman–Crippen MR) is 103 cm³/mol. The van der Waals surface area contributed by atoms with E-state index in [9.17, 15) is 4.79 Å². The van der Waals surface area contributed by atoms with E-state index in [1.54, 1.807) is 6.92 Å². The summed E-state index contributed by atoms with van der Waals surface area (Å²) in [7, 11) is 0. The Balaban J connectivity index is 1.94. The van der Waals surface area contributed by atoms with Gasteiger partial charge in [0.1, 0.15) is 5.75 Å². The Hall–Kier alpha value is -2.46. The number of esters is 1. The van der Waals surface area contributed by atoms with Gasteiger partial charge in [-0.1, -0.05) is 30.7 Å². The van der Waals surface area contributed by atoms with Gasteiger partial charge >= 0.3 is 5.97 Å². The second-order valence-corrected chi connectivity index (χ2v) is 6.43. The zero-order valence-electron chi connectivity index (χ0n) is 15.0. The van der Waals surface area contributed by atoms with E-state index in [1.165, 1.54) is 11.3 Å². The summed E-state index contributed by atoms with van der Waals surface area (Å²) in [6.07, 6.45) is 3.71. The van der Waals surface area contributed by atoms with Gasteiger partial charge in [0.2, 0.25) is 0 Å². The van der Waals surface area contributed by atoms with E-state index in [4.69, 9.17) is 21.1 Å². The minimum absolute atomic E-state index is 0.0935. The summed E-state index contributed by atoms with van der Waals surface area (Å²) in [5, 5.41) is 0.736. The molecule has 0 saturated heterocycles. The molecular formula is C21H22ClNO3. The molecule has 3 aromatic rings. The van der Waals surface area contributed by atoms with Crippen LogP contribution in [0.25, 0.3) is 5.52 Å². The first kappa shape index (κ1) is 18.3. The number of hydrogen-bond acceptors (Lipinski definition) is 3. The van der Waals surface area contributed by atoms with E-state index in [1.807, 2.05) is 36.5 Å². The van der Waals surface area contributed by atoms with Gasteiger partial charge in [-0.25, -0.2) is 4.79 Å². The fourth-order valence-corrected chi connectivity index (χ4v) is 3.30. The molecule has 0 aliphatic carbocycles. The maximum absolute atomic E-state index is 11.6. The lowest BCUT2D eigenvalue weighted by atomic mass is 10.1. The Morgan fingerprint density at radius 2 is 2.00 bits per heavy atom. The molecule has 0 N–H and O–H groups in total. The van der Waals surface area contributed by atoms with Crippen LogP contribution in [-0.4, -0.2) is 23.6 Å². The van der Waals surface area contributed by atoms with Crippen LogP contribution in [0, 0.1) is 0 Å². The first-order valence-electron chi connectivity index (χ1n) is 8.77. The van der Waals surface area contributed by atoms with Gasteiger partial charge in [0.25, 0.3) is 0 Å². The van der Waals surface area contributed by atoms with Crippen LogP contribution < -0.4 is 4.74 Å². The number of aryl methyl sites for hydroxylation is 1. The number of halogens is 1. The standard InChI is InChI=1S/C21H22ClNO3/c1-3-16-13-19-20(26-14-21(24)25-4-2)9-6-10-23(19)18(16)12-15-7-5-8-17(22)11-15/h5-11,13H,3-4,12,14H2,1-2H3. The largest absolute Gasteiger partial charge is 0.480 e. The van der Waals surface area contributed by atoms with E-state index in [2.05, 4.69) is 23.5 Å². The minimum Gasteiger partial charge on any atom is -0.480 e. The first-order valence-corrected chi connectivity index (χ1v) is 9.14. The number of rotatable bonds is 7. The van der Waals surface area contributed by atoms with Crippen molar-refractivity contribution in [3.63, 3.8) is 0 Å². The van der Waals surface area contributed by atoms with Crippen molar-refractivity contribution in [3.8, 4) is 5.75 Å². The molecule has 0 bridgehead atoms. The maximum atomic E-state index is 11.6. The van der Waals surface area contributed by atoms with Crippen molar-refractivity contribution in [1.82, 2.24) is 4.40 Å². The third kappa shape index (κ3) is 4.02. The number of pyridine rings is 1.